The van der Waals surface area contributed by atoms with Gasteiger partial charge in [0.2, 0.25) is 0 Å². The maximum atomic E-state index is 13.9. The molecule has 3 rings (SSSR count). The van der Waals surface area contributed by atoms with Crippen molar-refractivity contribution in [3.05, 3.63) is 42.0 Å². The lowest BCUT2D eigenvalue weighted by Gasteiger charge is -2.45. The quantitative estimate of drug-likeness (QED) is 0.511. The fourth-order valence-electron chi connectivity index (χ4n) is 3.55. The van der Waals surface area contributed by atoms with Gasteiger partial charge in [0.05, 0.1) is 19.8 Å². The second kappa shape index (κ2) is 7.68. The molecule has 0 aliphatic carbocycles. The third kappa shape index (κ3) is 3.58. The van der Waals surface area contributed by atoms with Crippen molar-refractivity contribution in [2.24, 2.45) is 5.92 Å². The Morgan fingerprint density at radius 2 is 1.97 bits per heavy atom. The molecule has 2 aromatic rings. The molecule has 0 amide bonds. The molecule has 1 heterocycles. The Kier molecular flexibility index (Phi) is 5.59. The summed E-state index contributed by atoms with van der Waals surface area (Å²) in [4.78, 5) is 12.6. The van der Waals surface area contributed by atoms with E-state index in [-0.39, 0.29) is 17.9 Å². The highest BCUT2D eigenvalue weighted by molar-refractivity contribution is 7.80. The number of ether oxygens (including phenoxy) is 2. The Bertz CT molecular complexity index is 953. The second-order valence-electron chi connectivity index (χ2n) is 6.47. The van der Waals surface area contributed by atoms with Gasteiger partial charge >= 0.3 is 12.1 Å². The first-order valence-electron chi connectivity index (χ1n) is 8.74. The van der Waals surface area contributed by atoms with Crippen LogP contribution in [-0.2, 0) is 9.53 Å². The zero-order chi connectivity index (χ0) is 21.4. The SMILES string of the molecule is CCOC(=O)[C@@H]1[C@@H](c2c(OC)ccc3ccccc23)NC(=S)N[C@]1(O)C(F)(F)F. The van der Waals surface area contributed by atoms with E-state index in [1.165, 1.54) is 14.0 Å². The number of rotatable bonds is 4. The monoisotopic (exact) mass is 428 g/mol. The van der Waals surface area contributed by atoms with E-state index in [1.807, 2.05) is 5.32 Å². The van der Waals surface area contributed by atoms with Crippen LogP contribution < -0.4 is 15.4 Å². The highest BCUT2D eigenvalue weighted by Gasteiger charge is 2.66. The Morgan fingerprint density at radius 1 is 1.28 bits per heavy atom. The molecule has 156 valence electrons. The van der Waals surface area contributed by atoms with Crippen LogP contribution in [0.1, 0.15) is 18.5 Å². The van der Waals surface area contributed by atoms with Gasteiger partial charge in [-0.25, -0.2) is 0 Å². The van der Waals surface area contributed by atoms with E-state index in [0.717, 1.165) is 0 Å². The van der Waals surface area contributed by atoms with Crippen molar-refractivity contribution in [2.75, 3.05) is 13.7 Å². The Labute approximate surface area is 170 Å². The molecule has 1 saturated heterocycles. The predicted octanol–water partition coefficient (Wildman–Crippen LogP) is 2.80. The minimum atomic E-state index is -5.22. The highest BCUT2D eigenvalue weighted by atomic mass is 32.1. The molecule has 2 aromatic carbocycles. The number of carbonyl (C=O) groups excluding carboxylic acids is 1. The van der Waals surface area contributed by atoms with Crippen LogP contribution in [0.5, 0.6) is 5.75 Å². The smallest absolute Gasteiger partial charge is 0.437 e. The Hall–Kier alpha value is -2.59. The summed E-state index contributed by atoms with van der Waals surface area (Å²) < 4.78 is 51.9. The van der Waals surface area contributed by atoms with E-state index in [0.29, 0.717) is 10.8 Å². The van der Waals surface area contributed by atoms with Crippen molar-refractivity contribution in [1.82, 2.24) is 10.6 Å². The van der Waals surface area contributed by atoms with Crippen LogP contribution in [0.15, 0.2) is 36.4 Å². The van der Waals surface area contributed by atoms with Gasteiger partial charge in [-0.2, -0.15) is 13.2 Å². The van der Waals surface area contributed by atoms with E-state index in [4.69, 9.17) is 21.7 Å². The largest absolute Gasteiger partial charge is 0.496 e. The standard InChI is InChI=1S/C19H19F3N2O4S/c1-3-28-16(25)14-15(23-17(29)24-18(14,26)19(20,21)22)13-11-7-5-4-6-10(11)8-9-12(13)27-2/h4-9,14-15,26H,3H2,1-2H3,(H2,23,24,29)/t14-,15+,18+/m0/s1. The number of thiocarbonyl (C=S) groups is 1. The Morgan fingerprint density at radius 3 is 2.59 bits per heavy atom. The Balaban J connectivity index is 2.29. The summed E-state index contributed by atoms with van der Waals surface area (Å²) in [5.74, 6) is -3.08. The fraction of sp³-hybridized carbons (Fsp3) is 0.368. The normalized spacial score (nSPS) is 24.6. The van der Waals surface area contributed by atoms with Crippen molar-refractivity contribution < 1.29 is 32.5 Å². The third-order valence-corrected chi connectivity index (χ3v) is 5.03. The number of fused-ring (bicyclic) bond motifs is 1. The average molecular weight is 428 g/mol. The van der Waals surface area contributed by atoms with Gasteiger partial charge in [0.1, 0.15) is 11.7 Å². The van der Waals surface area contributed by atoms with Crippen molar-refractivity contribution in [3.8, 4) is 5.75 Å². The number of hydrogen-bond acceptors (Lipinski definition) is 5. The molecule has 0 saturated carbocycles. The lowest BCUT2D eigenvalue weighted by atomic mass is 9.80. The molecule has 10 heteroatoms. The van der Waals surface area contributed by atoms with Crippen molar-refractivity contribution in [1.29, 1.82) is 0 Å². The van der Waals surface area contributed by atoms with Crippen molar-refractivity contribution in [2.45, 2.75) is 24.9 Å². The van der Waals surface area contributed by atoms with Gasteiger partial charge in [-0.15, -0.1) is 0 Å². The van der Waals surface area contributed by atoms with Gasteiger partial charge < -0.3 is 25.2 Å². The summed E-state index contributed by atoms with van der Waals surface area (Å²) in [5.41, 5.74) is -3.37. The molecule has 1 fully saturated rings. The van der Waals surface area contributed by atoms with Crippen LogP contribution in [0.4, 0.5) is 13.2 Å². The van der Waals surface area contributed by atoms with E-state index in [1.54, 1.807) is 36.4 Å². The maximum Gasteiger partial charge on any atom is 0.437 e. The first-order chi connectivity index (χ1) is 13.6. The topological polar surface area (TPSA) is 79.8 Å². The zero-order valence-electron chi connectivity index (χ0n) is 15.5. The van der Waals surface area contributed by atoms with E-state index in [9.17, 15) is 23.1 Å². The van der Waals surface area contributed by atoms with Gasteiger partial charge in [-0.3, -0.25) is 4.79 Å². The summed E-state index contributed by atoms with van der Waals surface area (Å²) in [7, 11) is 1.36. The summed E-state index contributed by atoms with van der Waals surface area (Å²) in [6.45, 7) is 1.31. The number of alkyl halides is 3. The maximum absolute atomic E-state index is 13.9. The highest BCUT2D eigenvalue weighted by Crippen LogP contribution is 2.46. The molecule has 1 aliphatic rings. The van der Waals surface area contributed by atoms with Crippen LogP contribution in [-0.4, -0.2) is 41.8 Å². The van der Waals surface area contributed by atoms with Gasteiger partial charge in [0.15, 0.2) is 5.11 Å². The molecular formula is C19H19F3N2O4S. The summed E-state index contributed by atoms with van der Waals surface area (Å²) in [5, 5.41) is 15.9. The predicted molar refractivity (Wildman–Crippen MR) is 103 cm³/mol. The molecule has 0 unspecified atom stereocenters. The minimum absolute atomic E-state index is 0.160. The summed E-state index contributed by atoms with van der Waals surface area (Å²) in [6.07, 6.45) is -5.22. The molecular weight excluding hydrogens is 409 g/mol. The molecule has 0 spiro atoms. The van der Waals surface area contributed by atoms with Crippen molar-refractivity contribution in [3.63, 3.8) is 0 Å². The molecule has 3 N–H and O–H groups in total. The lowest BCUT2D eigenvalue weighted by molar-refractivity contribution is -0.292. The van der Waals surface area contributed by atoms with E-state index >= 15 is 0 Å². The third-order valence-electron chi connectivity index (χ3n) is 4.81. The summed E-state index contributed by atoms with van der Waals surface area (Å²) >= 11 is 4.93. The number of benzene rings is 2. The number of carbonyl (C=O) groups is 1. The number of esters is 1. The van der Waals surface area contributed by atoms with Gasteiger partial charge in [-0.05, 0) is 36.0 Å². The molecule has 1 aliphatic heterocycles. The molecule has 3 atom stereocenters. The minimum Gasteiger partial charge on any atom is -0.496 e. The van der Waals surface area contributed by atoms with Crippen LogP contribution in [0.3, 0.4) is 0 Å². The number of nitrogens with one attached hydrogen (secondary N) is 2. The van der Waals surface area contributed by atoms with Crippen LogP contribution in [0.2, 0.25) is 0 Å². The number of methoxy groups -OCH3 is 1. The first kappa shape index (κ1) is 21.1. The van der Waals surface area contributed by atoms with Crippen LogP contribution in [0, 0.1) is 5.92 Å². The molecule has 29 heavy (non-hydrogen) atoms. The second-order valence-corrected chi connectivity index (χ2v) is 6.88. The van der Waals surface area contributed by atoms with Crippen LogP contribution in [0.25, 0.3) is 10.8 Å². The molecule has 0 aromatic heterocycles. The van der Waals surface area contributed by atoms with Crippen molar-refractivity contribution >= 4 is 34.1 Å². The summed E-state index contributed by atoms with van der Waals surface area (Å²) in [6, 6.07) is 8.90. The number of hydrogen-bond donors (Lipinski definition) is 3. The van der Waals surface area contributed by atoms with Gasteiger partial charge in [-0.1, -0.05) is 30.3 Å². The zero-order valence-corrected chi connectivity index (χ0v) is 16.4. The number of halogens is 3. The molecule has 0 bridgehead atoms. The average Bonchev–Trinajstić information content (AvgIpc) is 2.65. The molecule has 6 nitrogen and oxygen atoms in total. The van der Waals surface area contributed by atoms with Gasteiger partial charge in [0.25, 0.3) is 5.72 Å². The molecule has 0 radical (unpaired) electrons. The lowest BCUT2D eigenvalue weighted by Crippen LogP contribution is -2.73. The van der Waals surface area contributed by atoms with Crippen LogP contribution >= 0.6 is 12.2 Å². The first-order valence-corrected chi connectivity index (χ1v) is 9.15. The van der Waals surface area contributed by atoms with E-state index in [2.05, 4.69) is 5.32 Å². The van der Waals surface area contributed by atoms with Gasteiger partial charge in [0, 0.05) is 5.56 Å². The van der Waals surface area contributed by atoms with E-state index < -0.39 is 34.9 Å². The fourth-order valence-corrected chi connectivity index (χ4v) is 3.83. The number of aliphatic hydroxyl groups is 1.